The van der Waals surface area contributed by atoms with Crippen LogP contribution in [0.25, 0.3) is 16.5 Å². The molecular weight excluding hydrogens is 414 g/mol. The first-order valence-corrected chi connectivity index (χ1v) is 12.4. The van der Waals surface area contributed by atoms with Crippen molar-refractivity contribution in [2.75, 3.05) is 33.5 Å². The fourth-order valence-corrected chi connectivity index (χ4v) is 3.69. The van der Waals surface area contributed by atoms with Crippen LogP contribution >= 0.6 is 0 Å². The van der Waals surface area contributed by atoms with Crippen molar-refractivity contribution in [1.82, 2.24) is 9.78 Å². The minimum atomic E-state index is 0.0457. The van der Waals surface area contributed by atoms with Crippen molar-refractivity contribution < 1.29 is 14.2 Å². The molecule has 33 heavy (non-hydrogen) atoms. The summed E-state index contributed by atoms with van der Waals surface area (Å²) in [5, 5.41) is 6.04. The van der Waals surface area contributed by atoms with E-state index < -0.39 is 0 Å². The highest BCUT2D eigenvalue weighted by Gasteiger charge is 2.21. The predicted octanol–water partition coefficient (Wildman–Crippen LogP) is 6.38. The first-order valence-electron chi connectivity index (χ1n) is 12.4. The predicted molar refractivity (Wildman–Crippen MR) is 138 cm³/mol. The number of hydrogen-bond donors (Lipinski definition) is 0. The van der Waals surface area contributed by atoms with Gasteiger partial charge in [-0.05, 0) is 65.0 Å². The topological polar surface area (TPSA) is 57.9 Å². The molecule has 0 radical (unpaired) electrons. The molecule has 1 saturated heterocycles. The van der Waals surface area contributed by atoms with Crippen LogP contribution in [0.3, 0.4) is 0 Å². The van der Waals surface area contributed by atoms with Crippen molar-refractivity contribution in [1.29, 1.82) is 0 Å². The van der Waals surface area contributed by atoms with Crippen molar-refractivity contribution in [3.8, 4) is 0 Å². The quantitative estimate of drug-likeness (QED) is 0.307. The Morgan fingerprint density at radius 3 is 2.73 bits per heavy atom. The summed E-state index contributed by atoms with van der Waals surface area (Å²) in [7, 11) is 1.79. The highest BCUT2D eigenvalue weighted by Crippen LogP contribution is 2.31. The highest BCUT2D eigenvalue weighted by atomic mass is 16.5. The maximum atomic E-state index is 5.94. The van der Waals surface area contributed by atoms with Crippen LogP contribution in [0, 0.1) is 6.92 Å². The fourth-order valence-electron chi connectivity index (χ4n) is 3.69. The zero-order valence-electron chi connectivity index (χ0n) is 21.5. The minimum Gasteiger partial charge on any atom is -0.379 e. The smallest absolute Gasteiger partial charge is 0.150 e. The van der Waals surface area contributed by atoms with Gasteiger partial charge in [0.05, 0.1) is 24.8 Å². The van der Waals surface area contributed by atoms with E-state index in [9.17, 15) is 0 Å². The van der Waals surface area contributed by atoms with Crippen LogP contribution in [0.5, 0.6) is 0 Å². The van der Waals surface area contributed by atoms with E-state index in [1.54, 1.807) is 7.05 Å². The second kappa shape index (κ2) is 15.0. The molecule has 2 aromatic rings. The van der Waals surface area contributed by atoms with Crippen molar-refractivity contribution in [3.63, 3.8) is 0 Å². The van der Waals surface area contributed by atoms with Crippen LogP contribution in [0.1, 0.15) is 77.3 Å². The molecule has 1 aliphatic heterocycles. The summed E-state index contributed by atoms with van der Waals surface area (Å²) < 4.78 is 18.7. The molecule has 1 aliphatic rings. The van der Waals surface area contributed by atoms with E-state index in [4.69, 9.17) is 19.3 Å². The van der Waals surface area contributed by atoms with Crippen molar-refractivity contribution in [2.24, 2.45) is 4.99 Å². The van der Waals surface area contributed by atoms with Crippen molar-refractivity contribution in [2.45, 2.75) is 79.1 Å². The largest absolute Gasteiger partial charge is 0.379 e. The Bertz CT molecular complexity index is 882. The fraction of sp³-hybridized carbons (Fsp3) is 0.630. The lowest BCUT2D eigenvalue weighted by molar-refractivity contribution is -0.0367. The monoisotopic (exact) mass is 457 g/mol. The molecule has 2 heterocycles. The first-order chi connectivity index (χ1) is 16.0. The number of aromatic nitrogens is 2. The maximum Gasteiger partial charge on any atom is 0.150 e. The number of aryl methyl sites for hydroxylation is 1. The molecule has 1 fully saturated rings. The third-order valence-corrected chi connectivity index (χ3v) is 5.70. The van der Waals surface area contributed by atoms with Gasteiger partial charge in [-0.15, -0.1) is 0 Å². The number of hydrogen-bond acceptors (Lipinski definition) is 5. The summed E-state index contributed by atoms with van der Waals surface area (Å²) >= 11 is 0. The van der Waals surface area contributed by atoms with Crippen LogP contribution in [0.2, 0.25) is 0 Å². The van der Waals surface area contributed by atoms with E-state index in [1.807, 2.05) is 13.1 Å². The summed E-state index contributed by atoms with van der Waals surface area (Å²) in [6.07, 6.45) is 9.88. The number of nitrogens with zero attached hydrogens (tertiary/aromatic N) is 3. The van der Waals surface area contributed by atoms with Crippen LogP contribution in [-0.2, 0) is 14.2 Å². The lowest BCUT2D eigenvalue weighted by atomic mass is 10.1. The number of rotatable bonds is 10. The Hall–Kier alpha value is -2.02. The minimum absolute atomic E-state index is 0.0457. The summed E-state index contributed by atoms with van der Waals surface area (Å²) in [6.45, 7) is 13.6. The summed E-state index contributed by atoms with van der Waals surface area (Å²) in [5.41, 5.74) is 4.41. The summed E-state index contributed by atoms with van der Waals surface area (Å²) in [6, 6.07) is 6.48. The third-order valence-electron chi connectivity index (χ3n) is 5.70. The summed E-state index contributed by atoms with van der Waals surface area (Å²) in [4.78, 5) is 4.16. The highest BCUT2D eigenvalue weighted by molar-refractivity contribution is 6.13. The van der Waals surface area contributed by atoms with Gasteiger partial charge < -0.3 is 14.2 Å². The zero-order chi connectivity index (χ0) is 24.1. The molecule has 184 valence electrons. The number of ether oxygens (including phenoxy) is 3. The molecule has 3 rings (SSSR count). The number of benzene rings is 1. The average molecular weight is 458 g/mol. The zero-order valence-corrected chi connectivity index (χ0v) is 21.5. The van der Waals surface area contributed by atoms with Crippen molar-refractivity contribution in [3.05, 3.63) is 35.5 Å². The normalized spacial score (nSPS) is 17.9. The Morgan fingerprint density at radius 1 is 1.27 bits per heavy atom. The lowest BCUT2D eigenvalue weighted by Crippen LogP contribution is -2.19. The van der Waals surface area contributed by atoms with Crippen LogP contribution < -0.4 is 0 Å². The van der Waals surface area contributed by atoms with E-state index in [-0.39, 0.29) is 6.23 Å². The van der Waals surface area contributed by atoms with Gasteiger partial charge in [-0.25, -0.2) is 4.68 Å². The molecule has 0 saturated carbocycles. The molecular formula is C27H43N3O3. The van der Waals surface area contributed by atoms with Gasteiger partial charge in [-0.2, -0.15) is 5.10 Å². The van der Waals surface area contributed by atoms with Crippen LogP contribution in [0.4, 0.5) is 0 Å². The molecule has 0 N–H and O–H groups in total. The third kappa shape index (κ3) is 8.36. The molecule has 6 heteroatoms. The van der Waals surface area contributed by atoms with Gasteiger partial charge in [0.2, 0.25) is 0 Å². The van der Waals surface area contributed by atoms with Crippen molar-refractivity contribution >= 4 is 22.7 Å². The molecule has 0 bridgehead atoms. The molecule has 0 amide bonds. The molecule has 0 spiro atoms. The molecule has 6 nitrogen and oxygen atoms in total. The van der Waals surface area contributed by atoms with E-state index >= 15 is 0 Å². The Kier molecular flexibility index (Phi) is 12.4. The molecule has 1 aromatic carbocycles. The Labute approximate surface area is 200 Å². The molecule has 2 atom stereocenters. The van der Waals surface area contributed by atoms with Gasteiger partial charge in [-0.1, -0.05) is 31.6 Å². The maximum absolute atomic E-state index is 5.94. The first kappa shape index (κ1) is 27.2. The van der Waals surface area contributed by atoms with Gasteiger partial charge in [-0.3, -0.25) is 4.99 Å². The second-order valence-corrected chi connectivity index (χ2v) is 8.47. The molecule has 0 aliphatic carbocycles. The Morgan fingerprint density at radius 2 is 2.09 bits per heavy atom. The van der Waals surface area contributed by atoms with Crippen LogP contribution in [0.15, 0.2) is 29.3 Å². The van der Waals surface area contributed by atoms with E-state index in [0.29, 0.717) is 6.10 Å². The van der Waals surface area contributed by atoms with E-state index in [0.717, 1.165) is 68.9 Å². The summed E-state index contributed by atoms with van der Waals surface area (Å²) in [5.74, 6) is 0. The van der Waals surface area contributed by atoms with E-state index in [1.165, 1.54) is 17.4 Å². The lowest BCUT2D eigenvalue weighted by Gasteiger charge is -2.23. The van der Waals surface area contributed by atoms with Crippen LogP contribution in [-0.4, -0.2) is 55.6 Å². The van der Waals surface area contributed by atoms with Gasteiger partial charge in [0.25, 0.3) is 0 Å². The number of allylic oxidation sites excluding steroid dienone is 2. The molecule has 2 unspecified atom stereocenters. The van der Waals surface area contributed by atoms with Gasteiger partial charge in [0.1, 0.15) is 5.69 Å². The SMILES string of the molecule is C/C=C(\C=NC)c1nn(C2CCCCO2)c2ccc(C)cc12.CCCOCCOC(C)CC. The number of fused-ring (bicyclic) bond motifs is 1. The molecule has 1 aromatic heterocycles. The van der Waals surface area contributed by atoms with Gasteiger partial charge in [0, 0.05) is 37.4 Å². The number of aliphatic imine (C=N–C) groups is 1. The van der Waals surface area contributed by atoms with E-state index in [2.05, 4.69) is 61.6 Å². The van der Waals surface area contributed by atoms with Gasteiger partial charge >= 0.3 is 0 Å². The van der Waals surface area contributed by atoms with Gasteiger partial charge in [0.15, 0.2) is 6.23 Å². The second-order valence-electron chi connectivity index (χ2n) is 8.47. The average Bonchev–Trinajstić information content (AvgIpc) is 3.21. The standard InChI is InChI=1S/C18H23N3O.C9H20O2/c1-4-14(12-19-3)18-15-11-13(2)8-9-16(15)21(20-18)17-7-5-6-10-22-17;1-4-6-10-7-8-11-9(3)5-2/h4,8-9,11-12,17H,5-7,10H2,1-3H3;9H,4-8H2,1-3H3/b14-4+,19-12?;. The Balaban J connectivity index is 0.000000299.